The lowest BCUT2D eigenvalue weighted by molar-refractivity contribution is 0.556. The predicted molar refractivity (Wildman–Crippen MR) is 83.6 cm³/mol. The van der Waals surface area contributed by atoms with Crippen LogP contribution in [0.2, 0.25) is 0 Å². The molecule has 0 radical (unpaired) electrons. The zero-order valence-corrected chi connectivity index (χ0v) is 13.0. The standard InChI is InChI=1S/C17H19F2NS/c1-3-10-20-12(2)13-4-9-17(16(19)11-13)21-15-7-5-14(18)6-8-15/h4-9,11-12,20H,3,10H2,1-2H3. The van der Waals surface area contributed by atoms with E-state index in [2.05, 4.69) is 12.2 Å². The van der Waals surface area contributed by atoms with Gasteiger partial charge in [0.1, 0.15) is 11.6 Å². The van der Waals surface area contributed by atoms with Gasteiger partial charge in [-0.2, -0.15) is 0 Å². The fraction of sp³-hybridized carbons (Fsp3) is 0.294. The Labute approximate surface area is 128 Å². The summed E-state index contributed by atoms with van der Waals surface area (Å²) in [6.45, 7) is 5.04. The van der Waals surface area contributed by atoms with Gasteiger partial charge in [0.25, 0.3) is 0 Å². The number of halogens is 2. The summed E-state index contributed by atoms with van der Waals surface area (Å²) in [7, 11) is 0. The molecule has 0 fully saturated rings. The van der Waals surface area contributed by atoms with E-state index in [1.165, 1.54) is 23.9 Å². The van der Waals surface area contributed by atoms with Crippen molar-refractivity contribution in [3.05, 3.63) is 59.7 Å². The number of rotatable bonds is 6. The molecule has 0 saturated carbocycles. The second-order valence-electron chi connectivity index (χ2n) is 4.92. The van der Waals surface area contributed by atoms with Crippen molar-refractivity contribution >= 4 is 11.8 Å². The van der Waals surface area contributed by atoms with Gasteiger partial charge in [0, 0.05) is 15.8 Å². The smallest absolute Gasteiger partial charge is 0.137 e. The first kappa shape index (κ1) is 16.0. The maximum absolute atomic E-state index is 14.2. The molecule has 0 amide bonds. The molecular weight excluding hydrogens is 288 g/mol. The van der Waals surface area contributed by atoms with E-state index in [9.17, 15) is 8.78 Å². The Hall–Kier alpha value is -1.39. The van der Waals surface area contributed by atoms with Gasteiger partial charge in [-0.15, -0.1) is 0 Å². The molecule has 2 aromatic rings. The highest BCUT2D eigenvalue weighted by Crippen LogP contribution is 2.31. The zero-order chi connectivity index (χ0) is 15.2. The molecule has 1 atom stereocenters. The molecule has 0 aliphatic carbocycles. The van der Waals surface area contributed by atoms with E-state index in [1.807, 2.05) is 13.0 Å². The van der Waals surface area contributed by atoms with E-state index < -0.39 is 0 Å². The first-order valence-electron chi connectivity index (χ1n) is 7.06. The van der Waals surface area contributed by atoms with Crippen LogP contribution in [-0.4, -0.2) is 6.54 Å². The summed E-state index contributed by atoms with van der Waals surface area (Å²) in [6.07, 6.45) is 1.05. The highest BCUT2D eigenvalue weighted by atomic mass is 32.2. The summed E-state index contributed by atoms with van der Waals surface area (Å²) >= 11 is 1.30. The van der Waals surface area contributed by atoms with Crippen molar-refractivity contribution in [3.8, 4) is 0 Å². The van der Waals surface area contributed by atoms with Crippen molar-refractivity contribution < 1.29 is 8.78 Å². The lowest BCUT2D eigenvalue weighted by Crippen LogP contribution is -2.19. The molecule has 0 saturated heterocycles. The van der Waals surface area contributed by atoms with E-state index in [0.29, 0.717) is 4.90 Å². The Morgan fingerprint density at radius 2 is 1.81 bits per heavy atom. The lowest BCUT2D eigenvalue weighted by atomic mass is 10.1. The molecule has 2 aromatic carbocycles. The molecule has 0 heterocycles. The molecule has 1 N–H and O–H groups in total. The Morgan fingerprint density at radius 3 is 2.43 bits per heavy atom. The minimum Gasteiger partial charge on any atom is -0.310 e. The zero-order valence-electron chi connectivity index (χ0n) is 12.2. The van der Waals surface area contributed by atoms with Gasteiger partial charge in [0.2, 0.25) is 0 Å². The van der Waals surface area contributed by atoms with Gasteiger partial charge < -0.3 is 5.32 Å². The van der Waals surface area contributed by atoms with Crippen molar-refractivity contribution in [1.29, 1.82) is 0 Å². The lowest BCUT2D eigenvalue weighted by Gasteiger charge is -2.14. The molecule has 0 spiro atoms. The van der Waals surface area contributed by atoms with Crippen LogP contribution in [-0.2, 0) is 0 Å². The van der Waals surface area contributed by atoms with Crippen LogP contribution < -0.4 is 5.32 Å². The van der Waals surface area contributed by atoms with E-state index >= 15 is 0 Å². The van der Waals surface area contributed by atoms with Crippen LogP contribution in [0.1, 0.15) is 31.9 Å². The van der Waals surface area contributed by atoms with Crippen molar-refractivity contribution in [3.63, 3.8) is 0 Å². The van der Waals surface area contributed by atoms with Gasteiger partial charge in [-0.1, -0.05) is 24.8 Å². The Bertz CT molecular complexity index is 584. The summed E-state index contributed by atoms with van der Waals surface area (Å²) in [5.41, 5.74) is 0.935. The normalized spacial score (nSPS) is 12.4. The topological polar surface area (TPSA) is 12.0 Å². The van der Waals surface area contributed by atoms with Crippen LogP contribution in [0.5, 0.6) is 0 Å². The van der Waals surface area contributed by atoms with Crippen LogP contribution in [0, 0.1) is 11.6 Å². The highest BCUT2D eigenvalue weighted by molar-refractivity contribution is 7.99. The summed E-state index contributed by atoms with van der Waals surface area (Å²) in [4.78, 5) is 1.37. The Kier molecular flexibility index (Phi) is 5.76. The van der Waals surface area contributed by atoms with Gasteiger partial charge in [-0.3, -0.25) is 0 Å². The second kappa shape index (κ2) is 7.57. The van der Waals surface area contributed by atoms with Crippen LogP contribution >= 0.6 is 11.8 Å². The quantitative estimate of drug-likeness (QED) is 0.789. The van der Waals surface area contributed by atoms with Crippen molar-refractivity contribution in [2.75, 3.05) is 6.54 Å². The van der Waals surface area contributed by atoms with E-state index in [0.717, 1.165) is 23.4 Å². The first-order valence-corrected chi connectivity index (χ1v) is 7.88. The third-order valence-corrected chi connectivity index (χ3v) is 4.26. The van der Waals surface area contributed by atoms with Crippen LogP contribution in [0.15, 0.2) is 52.3 Å². The number of nitrogens with one attached hydrogen (secondary N) is 1. The minimum atomic E-state index is -0.286. The third-order valence-electron chi connectivity index (χ3n) is 3.20. The third kappa shape index (κ3) is 4.55. The summed E-state index contributed by atoms with van der Waals surface area (Å²) < 4.78 is 27.0. The number of hydrogen-bond acceptors (Lipinski definition) is 2. The van der Waals surface area contributed by atoms with Gasteiger partial charge in [-0.05, 0) is 61.9 Å². The largest absolute Gasteiger partial charge is 0.310 e. The highest BCUT2D eigenvalue weighted by Gasteiger charge is 2.09. The molecule has 0 aliphatic rings. The van der Waals surface area contributed by atoms with Crippen LogP contribution in [0.3, 0.4) is 0 Å². The monoisotopic (exact) mass is 307 g/mol. The molecule has 1 unspecified atom stereocenters. The van der Waals surface area contributed by atoms with E-state index in [4.69, 9.17) is 0 Å². The maximum Gasteiger partial charge on any atom is 0.137 e. The van der Waals surface area contributed by atoms with Gasteiger partial charge in [0.05, 0.1) is 0 Å². The predicted octanol–water partition coefficient (Wildman–Crippen LogP) is 5.18. The van der Waals surface area contributed by atoms with Gasteiger partial charge >= 0.3 is 0 Å². The second-order valence-corrected chi connectivity index (χ2v) is 6.04. The molecule has 112 valence electrons. The Balaban J connectivity index is 2.10. The van der Waals surface area contributed by atoms with Crippen molar-refractivity contribution in [1.82, 2.24) is 5.32 Å². The maximum atomic E-state index is 14.2. The summed E-state index contributed by atoms with van der Waals surface area (Å²) in [6, 6.07) is 11.5. The number of hydrogen-bond donors (Lipinski definition) is 1. The number of benzene rings is 2. The SMILES string of the molecule is CCCNC(C)c1ccc(Sc2ccc(F)cc2)c(F)c1. The summed E-state index contributed by atoms with van der Waals surface area (Å²) in [5, 5.41) is 3.34. The van der Waals surface area contributed by atoms with Crippen LogP contribution in [0.25, 0.3) is 0 Å². The van der Waals surface area contributed by atoms with E-state index in [1.54, 1.807) is 24.3 Å². The van der Waals surface area contributed by atoms with Crippen molar-refractivity contribution in [2.45, 2.75) is 36.1 Å². The fourth-order valence-electron chi connectivity index (χ4n) is 1.98. The average Bonchev–Trinajstić information content (AvgIpc) is 2.49. The molecule has 0 aromatic heterocycles. The molecular formula is C17H19F2NS. The minimum absolute atomic E-state index is 0.129. The van der Waals surface area contributed by atoms with Gasteiger partial charge in [-0.25, -0.2) is 8.78 Å². The molecule has 2 rings (SSSR count). The van der Waals surface area contributed by atoms with Gasteiger partial charge in [0.15, 0.2) is 0 Å². The Morgan fingerprint density at radius 1 is 1.10 bits per heavy atom. The first-order chi connectivity index (χ1) is 10.1. The fourth-order valence-corrected chi connectivity index (χ4v) is 2.80. The molecule has 0 aliphatic heterocycles. The molecule has 21 heavy (non-hydrogen) atoms. The van der Waals surface area contributed by atoms with Crippen molar-refractivity contribution in [2.24, 2.45) is 0 Å². The average molecular weight is 307 g/mol. The van der Waals surface area contributed by atoms with E-state index in [-0.39, 0.29) is 17.7 Å². The molecule has 1 nitrogen and oxygen atoms in total. The molecule has 0 bridgehead atoms. The molecule has 4 heteroatoms. The van der Waals surface area contributed by atoms with Crippen LogP contribution in [0.4, 0.5) is 8.78 Å². The summed E-state index contributed by atoms with van der Waals surface area (Å²) in [5.74, 6) is -0.530.